The second-order valence-corrected chi connectivity index (χ2v) is 7.97. The van der Waals surface area contributed by atoms with E-state index in [9.17, 15) is 9.59 Å². The van der Waals surface area contributed by atoms with E-state index in [1.54, 1.807) is 6.07 Å². The maximum atomic E-state index is 12.1. The van der Waals surface area contributed by atoms with E-state index in [1.807, 2.05) is 49.6 Å². The van der Waals surface area contributed by atoms with Gasteiger partial charge in [-0.1, -0.05) is 35.9 Å². The van der Waals surface area contributed by atoms with Crippen LogP contribution >= 0.6 is 22.7 Å². The number of carbonyl (C=O) groups is 2. The van der Waals surface area contributed by atoms with Crippen LogP contribution in [0.5, 0.6) is 0 Å². The Labute approximate surface area is 160 Å². The van der Waals surface area contributed by atoms with E-state index in [0.29, 0.717) is 10.0 Å². The van der Waals surface area contributed by atoms with E-state index < -0.39 is 0 Å². The zero-order valence-electron chi connectivity index (χ0n) is 14.5. The van der Waals surface area contributed by atoms with Crippen molar-refractivity contribution in [3.63, 3.8) is 0 Å². The average Bonchev–Trinajstić information content (AvgIpc) is 3.25. The molecule has 0 aliphatic rings. The Kier molecular flexibility index (Phi) is 5.80. The second-order valence-electron chi connectivity index (χ2n) is 5.82. The van der Waals surface area contributed by atoms with Gasteiger partial charge in [0.1, 0.15) is 0 Å². The van der Waals surface area contributed by atoms with Gasteiger partial charge < -0.3 is 10.6 Å². The van der Waals surface area contributed by atoms with Crippen LogP contribution in [-0.4, -0.2) is 23.3 Å². The molecule has 0 saturated carbocycles. The largest absolute Gasteiger partial charge is 0.351 e. The minimum Gasteiger partial charge on any atom is -0.351 e. The van der Waals surface area contributed by atoms with E-state index in [-0.39, 0.29) is 24.8 Å². The van der Waals surface area contributed by atoms with Gasteiger partial charge in [0, 0.05) is 23.4 Å². The molecule has 0 fully saturated rings. The number of aromatic nitrogens is 1. The molecule has 5 nitrogen and oxygen atoms in total. The Balaban J connectivity index is 1.54. The molecule has 2 heterocycles. The summed E-state index contributed by atoms with van der Waals surface area (Å²) in [5.74, 6) is -0.319. The molecule has 0 radical (unpaired) electrons. The Hall–Kier alpha value is -2.51. The summed E-state index contributed by atoms with van der Waals surface area (Å²) in [6.45, 7) is 4.32. The number of hydrogen-bond donors (Lipinski definition) is 2. The molecule has 3 aromatic rings. The molecule has 0 atom stereocenters. The van der Waals surface area contributed by atoms with Crippen molar-refractivity contribution >= 4 is 39.6 Å². The van der Waals surface area contributed by atoms with Gasteiger partial charge in [-0.15, -0.1) is 22.7 Å². The standard InChI is InChI=1S/C19H19N3O2S2/c1-12-5-7-14(8-6-12)17-13(2)26-19(22-17)21-16(23)9-10-20-18(24)15-4-3-11-25-15/h3-8,11H,9-10H2,1-2H3,(H,20,24)(H,21,22,23). The Morgan fingerprint density at radius 3 is 2.58 bits per heavy atom. The third-order valence-corrected chi connectivity index (χ3v) is 5.51. The fourth-order valence-corrected chi connectivity index (χ4v) is 3.89. The number of thiazole rings is 1. The van der Waals surface area contributed by atoms with Crippen LogP contribution in [0.25, 0.3) is 11.3 Å². The summed E-state index contributed by atoms with van der Waals surface area (Å²) in [4.78, 5) is 30.1. The summed E-state index contributed by atoms with van der Waals surface area (Å²) < 4.78 is 0. The lowest BCUT2D eigenvalue weighted by molar-refractivity contribution is -0.116. The highest BCUT2D eigenvalue weighted by Gasteiger charge is 2.12. The number of carbonyl (C=O) groups excluding carboxylic acids is 2. The predicted octanol–water partition coefficient (Wildman–Crippen LogP) is 4.25. The molecule has 0 aliphatic carbocycles. The molecule has 3 rings (SSSR count). The van der Waals surface area contributed by atoms with E-state index in [4.69, 9.17) is 0 Å². The molecule has 0 saturated heterocycles. The predicted molar refractivity (Wildman–Crippen MR) is 107 cm³/mol. The zero-order valence-corrected chi connectivity index (χ0v) is 16.2. The third kappa shape index (κ3) is 4.56. The Bertz CT molecular complexity index is 900. The highest BCUT2D eigenvalue weighted by molar-refractivity contribution is 7.16. The molecule has 0 unspecified atom stereocenters. The lowest BCUT2D eigenvalue weighted by Crippen LogP contribution is -2.27. The minimum atomic E-state index is -0.166. The Morgan fingerprint density at radius 2 is 1.88 bits per heavy atom. The maximum Gasteiger partial charge on any atom is 0.261 e. The fraction of sp³-hybridized carbons (Fsp3) is 0.211. The number of aryl methyl sites for hydroxylation is 2. The lowest BCUT2D eigenvalue weighted by atomic mass is 10.1. The van der Waals surface area contributed by atoms with E-state index in [1.165, 1.54) is 28.2 Å². The molecule has 7 heteroatoms. The molecule has 0 spiro atoms. The monoisotopic (exact) mass is 385 g/mol. The normalized spacial score (nSPS) is 10.5. The van der Waals surface area contributed by atoms with Crippen molar-refractivity contribution in [3.05, 3.63) is 57.1 Å². The molecule has 1 aromatic carbocycles. The highest BCUT2D eigenvalue weighted by Crippen LogP contribution is 2.30. The number of anilines is 1. The second kappa shape index (κ2) is 8.25. The molecule has 134 valence electrons. The van der Waals surface area contributed by atoms with Gasteiger partial charge in [-0.05, 0) is 25.3 Å². The summed E-state index contributed by atoms with van der Waals surface area (Å²) in [6.07, 6.45) is 0.204. The van der Waals surface area contributed by atoms with Gasteiger partial charge >= 0.3 is 0 Å². The van der Waals surface area contributed by atoms with Crippen molar-refractivity contribution in [1.29, 1.82) is 0 Å². The molecule has 2 N–H and O–H groups in total. The molecular weight excluding hydrogens is 366 g/mol. The quantitative estimate of drug-likeness (QED) is 0.666. The maximum absolute atomic E-state index is 12.1. The summed E-state index contributed by atoms with van der Waals surface area (Å²) in [5, 5.41) is 7.98. The van der Waals surface area contributed by atoms with Gasteiger partial charge in [0.25, 0.3) is 5.91 Å². The summed E-state index contributed by atoms with van der Waals surface area (Å²) in [5.41, 5.74) is 3.11. The van der Waals surface area contributed by atoms with E-state index >= 15 is 0 Å². The van der Waals surface area contributed by atoms with Crippen LogP contribution in [-0.2, 0) is 4.79 Å². The number of nitrogens with one attached hydrogen (secondary N) is 2. The van der Waals surface area contributed by atoms with Crippen molar-refractivity contribution in [2.75, 3.05) is 11.9 Å². The first-order chi connectivity index (χ1) is 12.5. The number of rotatable bonds is 6. The molecule has 2 aromatic heterocycles. The van der Waals surface area contributed by atoms with Gasteiger partial charge in [0.15, 0.2) is 5.13 Å². The lowest BCUT2D eigenvalue weighted by Gasteiger charge is -2.03. The first-order valence-electron chi connectivity index (χ1n) is 8.19. The molecule has 0 bridgehead atoms. The number of hydrogen-bond acceptors (Lipinski definition) is 5. The molecule has 26 heavy (non-hydrogen) atoms. The van der Waals surface area contributed by atoms with Crippen molar-refractivity contribution in [2.24, 2.45) is 0 Å². The van der Waals surface area contributed by atoms with Gasteiger partial charge in [-0.2, -0.15) is 0 Å². The zero-order chi connectivity index (χ0) is 18.5. The average molecular weight is 386 g/mol. The van der Waals surface area contributed by atoms with Gasteiger partial charge in [-0.3, -0.25) is 9.59 Å². The number of amides is 2. The van der Waals surface area contributed by atoms with Crippen LogP contribution in [0, 0.1) is 13.8 Å². The van der Waals surface area contributed by atoms with Gasteiger partial charge in [0.05, 0.1) is 10.6 Å². The van der Waals surface area contributed by atoms with Gasteiger partial charge in [0.2, 0.25) is 5.91 Å². The number of benzene rings is 1. The smallest absolute Gasteiger partial charge is 0.261 e. The Morgan fingerprint density at radius 1 is 1.12 bits per heavy atom. The van der Waals surface area contributed by atoms with Crippen molar-refractivity contribution in [1.82, 2.24) is 10.3 Å². The topological polar surface area (TPSA) is 71.1 Å². The van der Waals surface area contributed by atoms with Crippen molar-refractivity contribution < 1.29 is 9.59 Å². The summed E-state index contributed by atoms with van der Waals surface area (Å²) in [6, 6.07) is 11.7. The van der Waals surface area contributed by atoms with Crippen LogP contribution in [0.2, 0.25) is 0 Å². The summed E-state index contributed by atoms with van der Waals surface area (Å²) >= 11 is 2.83. The van der Waals surface area contributed by atoms with Crippen LogP contribution < -0.4 is 10.6 Å². The summed E-state index contributed by atoms with van der Waals surface area (Å²) in [7, 11) is 0. The van der Waals surface area contributed by atoms with E-state index in [2.05, 4.69) is 15.6 Å². The van der Waals surface area contributed by atoms with Crippen LogP contribution in [0.1, 0.15) is 26.5 Å². The van der Waals surface area contributed by atoms with Crippen molar-refractivity contribution in [2.45, 2.75) is 20.3 Å². The SMILES string of the molecule is Cc1ccc(-c2nc(NC(=O)CCNC(=O)c3cccs3)sc2C)cc1. The van der Waals surface area contributed by atoms with Gasteiger partial charge in [-0.25, -0.2) is 4.98 Å². The van der Waals surface area contributed by atoms with Crippen LogP contribution in [0.3, 0.4) is 0 Å². The first kappa shape index (κ1) is 18.3. The van der Waals surface area contributed by atoms with Crippen molar-refractivity contribution in [3.8, 4) is 11.3 Å². The number of thiophene rings is 1. The highest BCUT2D eigenvalue weighted by atomic mass is 32.1. The van der Waals surface area contributed by atoms with E-state index in [0.717, 1.165) is 16.1 Å². The molecule has 2 amide bonds. The fourth-order valence-electron chi connectivity index (χ4n) is 2.40. The molecule has 0 aliphatic heterocycles. The third-order valence-electron chi connectivity index (χ3n) is 3.75. The number of nitrogens with zero attached hydrogens (tertiary/aromatic N) is 1. The first-order valence-corrected chi connectivity index (χ1v) is 9.88. The van der Waals surface area contributed by atoms with Crippen LogP contribution in [0.15, 0.2) is 41.8 Å². The molecular formula is C19H19N3O2S2. The minimum absolute atomic E-state index is 0.153. The van der Waals surface area contributed by atoms with Crippen LogP contribution in [0.4, 0.5) is 5.13 Å².